The first kappa shape index (κ1) is 18.5. The van der Waals surface area contributed by atoms with Crippen LogP contribution in [0.4, 0.5) is 15.2 Å². The highest BCUT2D eigenvalue weighted by Gasteiger charge is 2.21. The molecule has 0 unspecified atom stereocenters. The van der Waals surface area contributed by atoms with Crippen LogP contribution >= 0.6 is 34.3 Å². The number of nitrogens with zero attached hydrogens (tertiary/aromatic N) is 2. The molecule has 0 saturated heterocycles. The summed E-state index contributed by atoms with van der Waals surface area (Å²) in [5.41, 5.74) is 0.578. The molecule has 9 heteroatoms. The molecule has 0 fully saturated rings. The summed E-state index contributed by atoms with van der Waals surface area (Å²) < 4.78 is 19.7. The van der Waals surface area contributed by atoms with E-state index in [1.54, 1.807) is 29.6 Å². The summed E-state index contributed by atoms with van der Waals surface area (Å²) in [6, 6.07) is 9.14. The van der Waals surface area contributed by atoms with Crippen molar-refractivity contribution in [3.05, 3.63) is 62.5 Å². The number of thiazole rings is 1. The van der Waals surface area contributed by atoms with Gasteiger partial charge in [-0.25, -0.2) is 14.2 Å². The molecule has 2 heterocycles. The minimum atomic E-state index is -0.527. The van der Waals surface area contributed by atoms with Gasteiger partial charge in [0.1, 0.15) is 17.3 Å². The normalized spacial score (nSPS) is 10.6. The largest absolute Gasteiger partial charge is 0.455 e. The van der Waals surface area contributed by atoms with Crippen LogP contribution in [0.1, 0.15) is 22.3 Å². The number of hydrogen-bond donors (Lipinski definition) is 0. The van der Waals surface area contributed by atoms with Gasteiger partial charge in [-0.1, -0.05) is 23.7 Å². The molecule has 0 atom stereocenters. The van der Waals surface area contributed by atoms with E-state index in [0.29, 0.717) is 20.0 Å². The Balaban J connectivity index is 1.74. The van der Waals surface area contributed by atoms with Crippen LogP contribution in [0.2, 0.25) is 4.34 Å². The minimum absolute atomic E-state index is 0.0616. The Kier molecular flexibility index (Phi) is 5.65. The van der Waals surface area contributed by atoms with Crippen LogP contribution in [0.15, 0.2) is 41.8 Å². The first-order valence-electron chi connectivity index (χ1n) is 7.38. The van der Waals surface area contributed by atoms with E-state index >= 15 is 0 Å². The first-order chi connectivity index (χ1) is 12.5. The minimum Gasteiger partial charge on any atom is -0.455 e. The zero-order valence-electron chi connectivity index (χ0n) is 13.4. The summed E-state index contributed by atoms with van der Waals surface area (Å²) in [5.74, 6) is -1.41. The number of ether oxygens (including phenoxy) is 1. The molecule has 0 spiro atoms. The molecule has 1 aromatic carbocycles. The molecule has 3 rings (SSSR count). The number of halogens is 2. The molecule has 0 N–H and O–H groups in total. The van der Waals surface area contributed by atoms with E-state index in [2.05, 4.69) is 4.98 Å². The maximum Gasteiger partial charge on any atom is 0.348 e. The Hall–Kier alpha value is -2.29. The lowest BCUT2D eigenvalue weighted by Crippen LogP contribution is -2.23. The van der Waals surface area contributed by atoms with Gasteiger partial charge >= 0.3 is 5.97 Å². The summed E-state index contributed by atoms with van der Waals surface area (Å²) in [5, 5.41) is 1.95. The molecule has 2 aromatic heterocycles. The number of esters is 1. The first-order valence-corrected chi connectivity index (χ1v) is 9.45. The number of aromatic nitrogens is 1. The molecule has 0 bridgehead atoms. The Morgan fingerprint density at radius 1 is 1.27 bits per heavy atom. The highest BCUT2D eigenvalue weighted by molar-refractivity contribution is 7.17. The van der Waals surface area contributed by atoms with Crippen molar-refractivity contribution in [3.8, 4) is 0 Å². The molecular formula is C17H12ClFN2O3S2. The molecule has 0 aliphatic rings. The maximum absolute atomic E-state index is 14.0. The van der Waals surface area contributed by atoms with Crippen molar-refractivity contribution in [1.82, 2.24) is 4.98 Å². The van der Waals surface area contributed by atoms with Crippen LogP contribution in [0.3, 0.4) is 0 Å². The Morgan fingerprint density at radius 3 is 2.69 bits per heavy atom. The standard InChI is InChI=1S/C17H12ClFN2O3S2/c1-10(22)21(13-5-3-2-4-12(13)19)17-20-11(9-25-17)8-24-16(23)14-6-7-15(18)26-14/h2-7,9H,8H2,1H3. The van der Waals surface area contributed by atoms with Crippen LogP contribution in [0.5, 0.6) is 0 Å². The van der Waals surface area contributed by atoms with E-state index in [1.807, 2.05) is 0 Å². The maximum atomic E-state index is 14.0. The van der Waals surface area contributed by atoms with Gasteiger partial charge in [0.25, 0.3) is 0 Å². The second-order valence-electron chi connectivity index (χ2n) is 5.11. The third-order valence-electron chi connectivity index (χ3n) is 3.26. The highest BCUT2D eigenvalue weighted by atomic mass is 35.5. The van der Waals surface area contributed by atoms with Crippen LogP contribution in [-0.2, 0) is 16.1 Å². The molecule has 134 valence electrons. The molecular weight excluding hydrogens is 399 g/mol. The molecule has 1 amide bonds. The number of carbonyl (C=O) groups is 2. The topological polar surface area (TPSA) is 59.5 Å². The molecule has 3 aromatic rings. The summed E-state index contributed by atoms with van der Waals surface area (Å²) in [6.45, 7) is 1.27. The average molecular weight is 411 g/mol. The number of amides is 1. The van der Waals surface area contributed by atoms with Crippen molar-refractivity contribution in [1.29, 1.82) is 0 Å². The molecule has 26 heavy (non-hydrogen) atoms. The number of rotatable bonds is 5. The number of hydrogen-bond acceptors (Lipinski definition) is 6. The number of benzene rings is 1. The van der Waals surface area contributed by atoms with Gasteiger partial charge in [-0.15, -0.1) is 22.7 Å². The lowest BCUT2D eigenvalue weighted by Gasteiger charge is -2.18. The predicted octanol–water partition coefficient (Wildman–Crippen LogP) is 5.04. The van der Waals surface area contributed by atoms with Crippen molar-refractivity contribution >= 4 is 57.0 Å². The Labute approximate surface area is 161 Å². The molecule has 5 nitrogen and oxygen atoms in total. The van der Waals surface area contributed by atoms with E-state index in [1.165, 1.54) is 24.0 Å². The summed E-state index contributed by atoms with van der Waals surface area (Å²) in [7, 11) is 0. The fourth-order valence-electron chi connectivity index (χ4n) is 2.14. The van der Waals surface area contributed by atoms with Gasteiger partial charge in [-0.2, -0.15) is 0 Å². The molecule has 0 aliphatic heterocycles. The number of carbonyl (C=O) groups excluding carboxylic acids is 2. The summed E-state index contributed by atoms with van der Waals surface area (Å²) in [4.78, 5) is 29.8. The van der Waals surface area contributed by atoms with E-state index in [-0.39, 0.29) is 18.2 Å². The summed E-state index contributed by atoms with van der Waals surface area (Å²) >= 11 is 8.07. The zero-order valence-corrected chi connectivity index (χ0v) is 15.8. The van der Waals surface area contributed by atoms with Crippen LogP contribution in [0, 0.1) is 5.82 Å². The van der Waals surface area contributed by atoms with Gasteiger partial charge in [-0.3, -0.25) is 9.69 Å². The fourth-order valence-corrected chi connectivity index (χ4v) is 3.94. The van der Waals surface area contributed by atoms with Gasteiger partial charge in [0.15, 0.2) is 5.13 Å². The molecule has 0 radical (unpaired) electrons. The van der Waals surface area contributed by atoms with E-state index in [4.69, 9.17) is 16.3 Å². The van der Waals surface area contributed by atoms with Gasteiger partial charge in [0.05, 0.1) is 15.7 Å². The zero-order chi connectivity index (χ0) is 18.7. The molecule has 0 aliphatic carbocycles. The van der Waals surface area contributed by atoms with Gasteiger partial charge < -0.3 is 4.74 Å². The predicted molar refractivity (Wildman–Crippen MR) is 99.8 cm³/mol. The van der Waals surface area contributed by atoms with Crippen molar-refractivity contribution < 1.29 is 18.7 Å². The van der Waals surface area contributed by atoms with E-state index in [9.17, 15) is 14.0 Å². The Bertz CT molecular complexity index is 957. The highest BCUT2D eigenvalue weighted by Crippen LogP contribution is 2.31. The van der Waals surface area contributed by atoms with Crippen molar-refractivity contribution in [2.45, 2.75) is 13.5 Å². The number of anilines is 2. The van der Waals surface area contributed by atoms with Crippen LogP contribution < -0.4 is 4.90 Å². The third-order valence-corrected chi connectivity index (χ3v) is 5.35. The van der Waals surface area contributed by atoms with Gasteiger partial charge in [0, 0.05) is 12.3 Å². The molecule has 0 saturated carbocycles. The fraction of sp³-hybridized carbons (Fsp3) is 0.118. The van der Waals surface area contributed by atoms with Crippen molar-refractivity contribution in [3.63, 3.8) is 0 Å². The van der Waals surface area contributed by atoms with Gasteiger partial charge in [0.2, 0.25) is 5.91 Å². The quantitative estimate of drug-likeness (QED) is 0.553. The van der Waals surface area contributed by atoms with E-state index in [0.717, 1.165) is 22.7 Å². The third kappa shape index (κ3) is 4.09. The number of thiophene rings is 1. The van der Waals surface area contributed by atoms with E-state index < -0.39 is 11.8 Å². The Morgan fingerprint density at radius 2 is 2.04 bits per heavy atom. The van der Waals surface area contributed by atoms with Crippen LogP contribution in [0.25, 0.3) is 0 Å². The number of para-hydroxylation sites is 1. The average Bonchev–Trinajstić information content (AvgIpc) is 3.24. The van der Waals surface area contributed by atoms with Gasteiger partial charge in [-0.05, 0) is 24.3 Å². The lowest BCUT2D eigenvalue weighted by molar-refractivity contribution is -0.115. The second-order valence-corrected chi connectivity index (χ2v) is 7.66. The monoisotopic (exact) mass is 410 g/mol. The SMILES string of the molecule is CC(=O)N(c1nc(COC(=O)c2ccc(Cl)s2)cs1)c1ccccc1F. The second kappa shape index (κ2) is 7.94. The summed E-state index contributed by atoms with van der Waals surface area (Å²) in [6.07, 6.45) is 0. The van der Waals surface area contributed by atoms with Crippen molar-refractivity contribution in [2.24, 2.45) is 0 Å². The van der Waals surface area contributed by atoms with Crippen molar-refractivity contribution in [2.75, 3.05) is 4.90 Å². The smallest absolute Gasteiger partial charge is 0.348 e. The van der Waals surface area contributed by atoms with Crippen LogP contribution in [-0.4, -0.2) is 16.9 Å². The lowest BCUT2D eigenvalue weighted by atomic mass is 10.3.